The lowest BCUT2D eigenvalue weighted by Gasteiger charge is -2.09. The van der Waals surface area contributed by atoms with E-state index in [0.29, 0.717) is 13.0 Å². The van der Waals surface area contributed by atoms with Crippen molar-refractivity contribution in [3.8, 4) is 0 Å². The van der Waals surface area contributed by atoms with Crippen molar-refractivity contribution in [1.82, 2.24) is 5.32 Å². The molecule has 20 heavy (non-hydrogen) atoms. The number of hydrogen-bond acceptors (Lipinski definition) is 2. The normalized spacial score (nSPS) is 10.2. The van der Waals surface area contributed by atoms with Crippen molar-refractivity contribution in [3.63, 3.8) is 0 Å². The summed E-state index contributed by atoms with van der Waals surface area (Å²) in [4.78, 5) is 22.5. The van der Waals surface area contributed by atoms with Crippen LogP contribution in [-0.2, 0) is 9.59 Å². The number of benzene rings is 1. The molecule has 1 aromatic rings. The smallest absolute Gasteiger partial charge is 0.224 e. The van der Waals surface area contributed by atoms with Gasteiger partial charge in [0.2, 0.25) is 11.8 Å². The molecule has 4 nitrogen and oxygen atoms in total. The highest BCUT2D eigenvalue weighted by atomic mass is 79.9. The summed E-state index contributed by atoms with van der Waals surface area (Å²) < 4.78 is 0.953. The lowest BCUT2D eigenvalue weighted by molar-refractivity contribution is -0.119. The van der Waals surface area contributed by atoms with Gasteiger partial charge in [-0.25, -0.2) is 0 Å². The first-order chi connectivity index (χ1) is 9.49. The Hall–Kier alpha value is -1.36. The number of unbranched alkanes of at least 4 members (excludes halogenated alkanes) is 2. The van der Waals surface area contributed by atoms with E-state index in [-0.39, 0.29) is 11.8 Å². The van der Waals surface area contributed by atoms with E-state index in [0.717, 1.165) is 35.0 Å². The number of rotatable bonds is 7. The van der Waals surface area contributed by atoms with Gasteiger partial charge >= 0.3 is 0 Å². The first-order valence-electron chi connectivity index (χ1n) is 6.79. The highest BCUT2D eigenvalue weighted by molar-refractivity contribution is 9.10. The van der Waals surface area contributed by atoms with Gasteiger partial charge in [0, 0.05) is 30.0 Å². The maximum Gasteiger partial charge on any atom is 0.224 e. The van der Waals surface area contributed by atoms with Crippen LogP contribution in [0.25, 0.3) is 0 Å². The van der Waals surface area contributed by atoms with Gasteiger partial charge in [0.1, 0.15) is 0 Å². The molecule has 0 saturated carbocycles. The van der Waals surface area contributed by atoms with Gasteiger partial charge in [0.05, 0.1) is 0 Å². The molecule has 1 aromatic carbocycles. The number of carbonyl (C=O) groups is 2. The average molecular weight is 341 g/mol. The van der Waals surface area contributed by atoms with Gasteiger partial charge in [0.15, 0.2) is 0 Å². The van der Waals surface area contributed by atoms with Crippen molar-refractivity contribution < 1.29 is 9.59 Å². The molecule has 0 aliphatic heterocycles. The average Bonchev–Trinajstić information content (AvgIpc) is 2.37. The minimum atomic E-state index is -0.00660. The topological polar surface area (TPSA) is 58.2 Å². The van der Waals surface area contributed by atoms with Crippen LogP contribution >= 0.6 is 15.9 Å². The summed E-state index contributed by atoms with van der Waals surface area (Å²) in [5.41, 5.74) is 1.90. The Morgan fingerprint density at radius 2 is 1.95 bits per heavy atom. The van der Waals surface area contributed by atoms with Crippen molar-refractivity contribution in [1.29, 1.82) is 0 Å². The zero-order valence-corrected chi connectivity index (χ0v) is 13.5. The number of carbonyl (C=O) groups excluding carboxylic acids is 2. The first-order valence-corrected chi connectivity index (χ1v) is 7.59. The fraction of sp³-hybridized carbons (Fsp3) is 0.467. The van der Waals surface area contributed by atoms with Crippen molar-refractivity contribution in [2.75, 3.05) is 11.9 Å². The van der Waals surface area contributed by atoms with Crippen LogP contribution in [0.1, 0.15) is 38.2 Å². The molecular weight excluding hydrogens is 320 g/mol. The SMILES string of the molecule is CC(=O)NCCCCCC(=O)Nc1cc(Br)ccc1C. The fourth-order valence-corrected chi connectivity index (χ4v) is 2.15. The van der Waals surface area contributed by atoms with E-state index in [1.54, 1.807) is 0 Å². The van der Waals surface area contributed by atoms with Gasteiger partial charge in [-0.3, -0.25) is 9.59 Å². The molecule has 0 aliphatic carbocycles. The zero-order valence-electron chi connectivity index (χ0n) is 12.0. The van der Waals surface area contributed by atoms with Crippen LogP contribution in [-0.4, -0.2) is 18.4 Å². The van der Waals surface area contributed by atoms with Crippen LogP contribution in [0, 0.1) is 6.92 Å². The summed E-state index contributed by atoms with van der Waals surface area (Å²) in [6, 6.07) is 5.82. The summed E-state index contributed by atoms with van der Waals surface area (Å²) in [6.07, 6.45) is 3.18. The third-order valence-electron chi connectivity index (χ3n) is 2.93. The van der Waals surface area contributed by atoms with Crippen LogP contribution in [0.5, 0.6) is 0 Å². The van der Waals surface area contributed by atoms with Crippen molar-refractivity contribution >= 4 is 33.4 Å². The minimum Gasteiger partial charge on any atom is -0.356 e. The van der Waals surface area contributed by atoms with E-state index >= 15 is 0 Å². The summed E-state index contributed by atoms with van der Waals surface area (Å²) in [5, 5.41) is 5.66. The van der Waals surface area contributed by atoms with E-state index < -0.39 is 0 Å². The van der Waals surface area contributed by atoms with E-state index in [1.165, 1.54) is 6.92 Å². The molecule has 2 N–H and O–H groups in total. The summed E-state index contributed by atoms with van der Waals surface area (Å²) in [6.45, 7) is 4.16. The quantitative estimate of drug-likeness (QED) is 0.747. The summed E-state index contributed by atoms with van der Waals surface area (Å²) in [5.74, 6) is 0.0265. The summed E-state index contributed by atoms with van der Waals surface area (Å²) in [7, 11) is 0. The maximum atomic E-state index is 11.8. The zero-order chi connectivity index (χ0) is 15.0. The van der Waals surface area contributed by atoms with Crippen LogP contribution < -0.4 is 10.6 Å². The minimum absolute atomic E-state index is 0.00660. The van der Waals surface area contributed by atoms with Crippen LogP contribution in [0.2, 0.25) is 0 Å². The highest BCUT2D eigenvalue weighted by Crippen LogP contribution is 2.20. The van der Waals surface area contributed by atoms with Crippen LogP contribution in [0.4, 0.5) is 5.69 Å². The second-order valence-electron chi connectivity index (χ2n) is 4.80. The highest BCUT2D eigenvalue weighted by Gasteiger charge is 2.05. The number of hydrogen-bond donors (Lipinski definition) is 2. The molecule has 0 aliphatic rings. The Kier molecular flexibility index (Phi) is 7.30. The van der Waals surface area contributed by atoms with Gasteiger partial charge in [-0.2, -0.15) is 0 Å². The molecule has 5 heteroatoms. The second-order valence-corrected chi connectivity index (χ2v) is 5.72. The number of halogens is 1. The molecule has 0 heterocycles. The van der Waals surface area contributed by atoms with Gasteiger partial charge in [-0.05, 0) is 37.5 Å². The van der Waals surface area contributed by atoms with Crippen molar-refractivity contribution in [2.45, 2.75) is 39.5 Å². The molecule has 0 radical (unpaired) electrons. The predicted molar refractivity (Wildman–Crippen MR) is 84.7 cm³/mol. The fourth-order valence-electron chi connectivity index (χ4n) is 1.79. The molecule has 0 bridgehead atoms. The maximum absolute atomic E-state index is 11.8. The lowest BCUT2D eigenvalue weighted by Crippen LogP contribution is -2.20. The standard InChI is InChI=1S/C15H21BrN2O2/c1-11-7-8-13(16)10-14(11)18-15(20)6-4-3-5-9-17-12(2)19/h7-8,10H,3-6,9H2,1-2H3,(H,17,19)(H,18,20). The molecule has 2 amide bonds. The Morgan fingerprint density at radius 1 is 1.20 bits per heavy atom. The van der Waals surface area contributed by atoms with Crippen molar-refractivity contribution in [3.05, 3.63) is 28.2 Å². The molecular formula is C15H21BrN2O2. The number of anilines is 1. The molecule has 0 unspecified atom stereocenters. The lowest BCUT2D eigenvalue weighted by atomic mass is 10.1. The van der Waals surface area contributed by atoms with Crippen LogP contribution in [0.3, 0.4) is 0 Å². The Morgan fingerprint density at radius 3 is 2.65 bits per heavy atom. The van der Waals surface area contributed by atoms with E-state index in [9.17, 15) is 9.59 Å². The van der Waals surface area contributed by atoms with Crippen molar-refractivity contribution in [2.24, 2.45) is 0 Å². The molecule has 1 rings (SSSR count). The predicted octanol–water partition coefficient (Wildman–Crippen LogP) is 3.39. The van der Waals surface area contributed by atoms with E-state index in [2.05, 4.69) is 26.6 Å². The number of amides is 2. The Bertz CT molecular complexity index is 475. The van der Waals surface area contributed by atoms with Gasteiger partial charge in [-0.15, -0.1) is 0 Å². The summed E-state index contributed by atoms with van der Waals surface area (Å²) >= 11 is 3.39. The number of nitrogens with one attached hydrogen (secondary N) is 2. The molecule has 0 aromatic heterocycles. The molecule has 110 valence electrons. The van der Waals surface area contributed by atoms with E-state index in [4.69, 9.17) is 0 Å². The second kappa shape index (κ2) is 8.74. The number of aryl methyl sites for hydroxylation is 1. The first kappa shape index (κ1) is 16.7. The van der Waals surface area contributed by atoms with Gasteiger partial charge < -0.3 is 10.6 Å². The molecule has 0 spiro atoms. The van der Waals surface area contributed by atoms with Gasteiger partial charge in [-0.1, -0.05) is 28.4 Å². The Balaban J connectivity index is 2.23. The van der Waals surface area contributed by atoms with Gasteiger partial charge in [0.25, 0.3) is 0 Å². The largest absolute Gasteiger partial charge is 0.356 e. The molecule has 0 atom stereocenters. The molecule has 0 fully saturated rings. The van der Waals surface area contributed by atoms with Crippen LogP contribution in [0.15, 0.2) is 22.7 Å². The third-order valence-corrected chi connectivity index (χ3v) is 3.42. The molecule has 0 saturated heterocycles. The Labute approximate surface area is 128 Å². The van der Waals surface area contributed by atoms with E-state index in [1.807, 2.05) is 25.1 Å². The third kappa shape index (κ3) is 6.70. The monoisotopic (exact) mass is 340 g/mol.